The number of rotatable bonds is 6. The fourth-order valence-corrected chi connectivity index (χ4v) is 5.83. The first-order chi connectivity index (χ1) is 19.1. The van der Waals surface area contributed by atoms with Gasteiger partial charge in [-0.2, -0.15) is 0 Å². The third-order valence-corrected chi connectivity index (χ3v) is 7.70. The molecule has 40 heavy (non-hydrogen) atoms. The molecule has 2 aromatic carbocycles. The molecule has 0 saturated heterocycles. The van der Waals surface area contributed by atoms with E-state index in [0.717, 1.165) is 17.4 Å². The highest BCUT2D eigenvalue weighted by Crippen LogP contribution is 2.37. The van der Waals surface area contributed by atoms with Gasteiger partial charge in [0.15, 0.2) is 4.80 Å². The summed E-state index contributed by atoms with van der Waals surface area (Å²) in [5.41, 5.74) is 0.627. The Kier molecular flexibility index (Phi) is 7.45. The second-order valence-corrected chi connectivity index (χ2v) is 10.4. The van der Waals surface area contributed by atoms with Crippen molar-refractivity contribution in [2.45, 2.75) is 19.9 Å². The van der Waals surface area contributed by atoms with Gasteiger partial charge in [-0.3, -0.25) is 19.5 Å². The van der Waals surface area contributed by atoms with E-state index in [1.54, 1.807) is 26.0 Å². The third kappa shape index (κ3) is 4.99. The molecule has 3 heterocycles. The van der Waals surface area contributed by atoms with Crippen molar-refractivity contribution in [1.29, 1.82) is 0 Å². The standard InChI is InChI=1S/C27H18Cl2FN3O6S/c1-3-38-26(35)23-13(2)31-27-32(24(23)14-4-6-15(30)7-5-14)25(34)22(40-27)10-16-8-9-21(39-16)17-11-19(29)20(33(36)37)12-18(17)28/h4-12,24H,3H2,1-2H3/b22-10+/t24-/m1/s1. The molecule has 0 saturated carbocycles. The monoisotopic (exact) mass is 601 g/mol. The second-order valence-electron chi connectivity index (χ2n) is 8.60. The van der Waals surface area contributed by atoms with Crippen LogP contribution in [0.1, 0.15) is 31.2 Å². The number of ether oxygens (including phenoxy) is 1. The Morgan fingerprint density at radius 3 is 2.62 bits per heavy atom. The average molecular weight is 602 g/mol. The number of hydrogen-bond donors (Lipinski definition) is 0. The van der Waals surface area contributed by atoms with Crippen LogP contribution in [0.2, 0.25) is 10.0 Å². The van der Waals surface area contributed by atoms with Crippen LogP contribution in [0.15, 0.2) is 74.0 Å². The minimum atomic E-state index is -0.883. The van der Waals surface area contributed by atoms with Crippen molar-refractivity contribution >= 4 is 52.3 Å². The number of hydrogen-bond acceptors (Lipinski definition) is 8. The minimum Gasteiger partial charge on any atom is -0.463 e. The van der Waals surface area contributed by atoms with Crippen LogP contribution >= 0.6 is 34.5 Å². The molecular formula is C27H18Cl2FN3O6S. The maximum Gasteiger partial charge on any atom is 0.338 e. The summed E-state index contributed by atoms with van der Waals surface area (Å²) in [6.45, 7) is 3.45. The molecule has 204 valence electrons. The first kappa shape index (κ1) is 27.5. The van der Waals surface area contributed by atoms with E-state index >= 15 is 0 Å². The summed E-state index contributed by atoms with van der Waals surface area (Å²) in [6, 6.07) is 10.3. The summed E-state index contributed by atoms with van der Waals surface area (Å²) in [7, 11) is 0. The lowest BCUT2D eigenvalue weighted by molar-refractivity contribution is -0.384. The van der Waals surface area contributed by atoms with Crippen LogP contribution in [0.5, 0.6) is 0 Å². The smallest absolute Gasteiger partial charge is 0.338 e. The summed E-state index contributed by atoms with van der Waals surface area (Å²) in [5.74, 6) is -0.504. The number of thiazole rings is 1. The van der Waals surface area contributed by atoms with Crippen molar-refractivity contribution in [3.8, 4) is 11.3 Å². The molecule has 0 amide bonds. The van der Waals surface area contributed by atoms with Gasteiger partial charge in [-0.15, -0.1) is 0 Å². The molecule has 13 heteroatoms. The predicted molar refractivity (Wildman–Crippen MR) is 148 cm³/mol. The number of allylic oxidation sites excluding steroid dienone is 1. The Hall–Kier alpha value is -4.06. The number of benzene rings is 2. The molecule has 0 aliphatic carbocycles. The van der Waals surface area contributed by atoms with Crippen molar-refractivity contribution in [2.24, 2.45) is 4.99 Å². The Labute approximate surface area is 239 Å². The van der Waals surface area contributed by atoms with Crippen molar-refractivity contribution in [3.05, 3.63) is 117 Å². The van der Waals surface area contributed by atoms with Crippen LogP contribution in [0.3, 0.4) is 0 Å². The Morgan fingerprint density at radius 2 is 1.95 bits per heavy atom. The summed E-state index contributed by atoms with van der Waals surface area (Å²) in [4.78, 5) is 41.9. The van der Waals surface area contributed by atoms with Crippen molar-refractivity contribution < 1.29 is 23.3 Å². The van der Waals surface area contributed by atoms with Crippen LogP contribution in [0, 0.1) is 15.9 Å². The van der Waals surface area contributed by atoms with Gasteiger partial charge in [-0.25, -0.2) is 14.2 Å². The Balaban J connectivity index is 1.61. The molecule has 5 rings (SSSR count). The number of nitro groups is 1. The molecule has 0 N–H and O–H groups in total. The highest BCUT2D eigenvalue weighted by atomic mass is 35.5. The number of furan rings is 1. The number of fused-ring (bicyclic) bond motifs is 1. The fourth-order valence-electron chi connectivity index (χ4n) is 4.32. The van der Waals surface area contributed by atoms with Crippen LogP contribution < -0.4 is 14.9 Å². The predicted octanol–water partition coefficient (Wildman–Crippen LogP) is 5.41. The van der Waals surface area contributed by atoms with Gasteiger partial charge in [0.1, 0.15) is 22.4 Å². The quantitative estimate of drug-likeness (QED) is 0.166. The number of nitro benzene ring substituents is 1. The first-order valence-electron chi connectivity index (χ1n) is 11.8. The van der Waals surface area contributed by atoms with Gasteiger partial charge in [0, 0.05) is 17.7 Å². The van der Waals surface area contributed by atoms with Gasteiger partial charge < -0.3 is 9.15 Å². The van der Waals surface area contributed by atoms with Gasteiger partial charge in [-0.1, -0.05) is 46.7 Å². The normalized spacial score (nSPS) is 15.1. The number of nitrogens with zero attached hydrogens (tertiary/aromatic N) is 3. The van der Waals surface area contributed by atoms with Crippen LogP contribution in [0.25, 0.3) is 17.4 Å². The van der Waals surface area contributed by atoms with E-state index in [2.05, 4.69) is 4.99 Å². The fraction of sp³-hybridized carbons (Fsp3) is 0.148. The van der Waals surface area contributed by atoms with Crippen LogP contribution in [0.4, 0.5) is 10.1 Å². The van der Waals surface area contributed by atoms with Gasteiger partial charge >= 0.3 is 5.97 Å². The zero-order valence-corrected chi connectivity index (χ0v) is 23.1. The molecule has 1 aliphatic rings. The summed E-state index contributed by atoms with van der Waals surface area (Å²) in [6.07, 6.45) is 1.51. The van der Waals surface area contributed by atoms with E-state index < -0.39 is 28.3 Å². The van der Waals surface area contributed by atoms with Gasteiger partial charge in [0.25, 0.3) is 11.2 Å². The maximum atomic E-state index is 13.7. The molecule has 2 aromatic heterocycles. The second kappa shape index (κ2) is 10.8. The summed E-state index contributed by atoms with van der Waals surface area (Å²) >= 11 is 13.4. The number of halogens is 3. The maximum absolute atomic E-state index is 13.7. The molecule has 1 atom stereocenters. The van der Waals surface area contributed by atoms with E-state index in [-0.39, 0.29) is 38.2 Å². The zero-order chi connectivity index (χ0) is 28.7. The number of esters is 1. The van der Waals surface area contributed by atoms with Crippen molar-refractivity contribution in [1.82, 2.24) is 4.57 Å². The lowest BCUT2D eigenvalue weighted by atomic mass is 9.96. The number of carbonyl (C=O) groups is 1. The van der Waals surface area contributed by atoms with Crippen molar-refractivity contribution in [3.63, 3.8) is 0 Å². The van der Waals surface area contributed by atoms with Gasteiger partial charge in [0.05, 0.1) is 38.4 Å². The zero-order valence-electron chi connectivity index (χ0n) is 20.8. The highest BCUT2D eigenvalue weighted by molar-refractivity contribution is 7.07. The largest absolute Gasteiger partial charge is 0.463 e. The van der Waals surface area contributed by atoms with Crippen LogP contribution in [-0.4, -0.2) is 22.1 Å². The highest BCUT2D eigenvalue weighted by Gasteiger charge is 2.33. The molecule has 0 spiro atoms. The van der Waals surface area contributed by atoms with Gasteiger partial charge in [-0.05, 0) is 49.7 Å². The van der Waals surface area contributed by atoms with E-state index in [9.17, 15) is 24.1 Å². The average Bonchev–Trinajstić information content (AvgIpc) is 3.49. The molecule has 0 unspecified atom stereocenters. The SMILES string of the molecule is CCOC(=O)C1=C(C)N=c2s/c(=C/c3ccc(-c4cc(Cl)c([N+](=O)[O-])cc4Cl)o3)c(=O)n2[C@@H]1c1ccc(F)cc1. The first-order valence-corrected chi connectivity index (χ1v) is 13.3. The molecule has 1 aliphatic heterocycles. The number of aromatic nitrogens is 1. The third-order valence-electron chi connectivity index (χ3n) is 6.10. The van der Waals surface area contributed by atoms with E-state index in [4.69, 9.17) is 32.4 Å². The summed E-state index contributed by atoms with van der Waals surface area (Å²) < 4.78 is 26.5. The molecule has 4 aromatic rings. The molecular weight excluding hydrogens is 584 g/mol. The van der Waals surface area contributed by atoms with E-state index in [1.807, 2.05) is 0 Å². The Morgan fingerprint density at radius 1 is 1.23 bits per heavy atom. The Bertz CT molecular complexity index is 1890. The molecule has 0 bridgehead atoms. The molecule has 9 nitrogen and oxygen atoms in total. The molecule has 0 fully saturated rings. The van der Waals surface area contributed by atoms with Crippen LogP contribution in [-0.2, 0) is 9.53 Å². The summed E-state index contributed by atoms with van der Waals surface area (Å²) in [5, 5.41) is 11.1. The van der Waals surface area contributed by atoms with E-state index in [0.29, 0.717) is 27.4 Å². The minimum absolute atomic E-state index is 0.0673. The number of carbonyl (C=O) groups excluding carboxylic acids is 1. The van der Waals surface area contributed by atoms with Gasteiger partial charge in [0.2, 0.25) is 0 Å². The van der Waals surface area contributed by atoms with E-state index in [1.165, 1.54) is 41.0 Å². The topological polar surface area (TPSA) is 117 Å². The lowest BCUT2D eigenvalue weighted by Gasteiger charge is -2.24. The lowest BCUT2D eigenvalue weighted by Crippen LogP contribution is -2.39. The molecule has 0 radical (unpaired) electrons. The van der Waals surface area contributed by atoms with Crippen molar-refractivity contribution in [2.75, 3.05) is 6.61 Å².